The van der Waals surface area contributed by atoms with Gasteiger partial charge in [0, 0.05) is 29.6 Å². The van der Waals surface area contributed by atoms with Crippen LogP contribution in [0, 0.1) is 6.92 Å². The zero-order valence-electron chi connectivity index (χ0n) is 17.1. The Bertz CT molecular complexity index is 1050. The SMILES string of the molecule is Cc1sc(N(Cc2ccccc2)CC2(c3ccccc3)CC2)nc1C(=O)NS(C)=O. The van der Waals surface area contributed by atoms with Gasteiger partial charge in [-0.2, -0.15) is 0 Å². The topological polar surface area (TPSA) is 62.3 Å². The van der Waals surface area contributed by atoms with E-state index in [4.69, 9.17) is 0 Å². The summed E-state index contributed by atoms with van der Waals surface area (Å²) in [5.41, 5.74) is 3.04. The maximum absolute atomic E-state index is 12.4. The lowest BCUT2D eigenvalue weighted by Gasteiger charge is -2.28. The number of rotatable bonds is 8. The van der Waals surface area contributed by atoms with Gasteiger partial charge in [-0.15, -0.1) is 11.3 Å². The van der Waals surface area contributed by atoms with Gasteiger partial charge in [-0.25, -0.2) is 9.19 Å². The molecule has 0 saturated heterocycles. The van der Waals surface area contributed by atoms with Crippen LogP contribution in [0.5, 0.6) is 0 Å². The van der Waals surface area contributed by atoms with Gasteiger partial charge >= 0.3 is 0 Å². The van der Waals surface area contributed by atoms with Gasteiger partial charge in [0.1, 0.15) is 16.7 Å². The minimum atomic E-state index is -1.42. The van der Waals surface area contributed by atoms with Gasteiger partial charge in [-0.05, 0) is 30.9 Å². The third kappa shape index (κ3) is 4.63. The molecule has 156 valence electrons. The first-order valence-electron chi connectivity index (χ1n) is 9.93. The van der Waals surface area contributed by atoms with E-state index in [-0.39, 0.29) is 11.3 Å². The number of nitrogens with one attached hydrogen (secondary N) is 1. The minimum Gasteiger partial charge on any atom is -0.343 e. The highest BCUT2D eigenvalue weighted by Gasteiger charge is 2.45. The first-order chi connectivity index (χ1) is 14.5. The quantitative estimate of drug-likeness (QED) is 0.571. The number of aromatic nitrogens is 1. The first-order valence-corrected chi connectivity index (χ1v) is 12.3. The van der Waals surface area contributed by atoms with E-state index in [2.05, 4.69) is 51.0 Å². The van der Waals surface area contributed by atoms with Crippen LogP contribution in [0.4, 0.5) is 5.13 Å². The van der Waals surface area contributed by atoms with Crippen molar-refractivity contribution >= 4 is 33.4 Å². The van der Waals surface area contributed by atoms with E-state index in [0.717, 1.165) is 35.9 Å². The van der Waals surface area contributed by atoms with Crippen LogP contribution < -0.4 is 9.62 Å². The lowest BCUT2D eigenvalue weighted by molar-refractivity contribution is 0.0978. The normalized spacial score (nSPS) is 15.4. The summed E-state index contributed by atoms with van der Waals surface area (Å²) in [6, 6.07) is 21.0. The maximum Gasteiger partial charge on any atom is 0.282 e. The molecule has 7 heteroatoms. The lowest BCUT2D eigenvalue weighted by Crippen LogP contribution is -2.32. The zero-order valence-corrected chi connectivity index (χ0v) is 18.8. The molecule has 0 bridgehead atoms. The van der Waals surface area contributed by atoms with Crippen LogP contribution in [0.15, 0.2) is 60.7 Å². The largest absolute Gasteiger partial charge is 0.343 e. The molecule has 1 aromatic heterocycles. The summed E-state index contributed by atoms with van der Waals surface area (Å²) in [5.74, 6) is -0.389. The molecule has 1 unspecified atom stereocenters. The average Bonchev–Trinajstić information content (AvgIpc) is 3.42. The molecule has 1 fully saturated rings. The molecule has 30 heavy (non-hydrogen) atoms. The van der Waals surface area contributed by atoms with Crippen molar-refractivity contribution in [3.05, 3.63) is 82.4 Å². The number of nitrogens with zero attached hydrogens (tertiary/aromatic N) is 2. The molecule has 0 radical (unpaired) electrons. The molecule has 5 nitrogen and oxygen atoms in total. The van der Waals surface area contributed by atoms with Crippen molar-refractivity contribution in [2.45, 2.75) is 31.7 Å². The van der Waals surface area contributed by atoms with Crippen LogP contribution in [0.25, 0.3) is 0 Å². The predicted octanol–water partition coefficient (Wildman–Crippen LogP) is 4.21. The van der Waals surface area contributed by atoms with Crippen LogP contribution in [-0.4, -0.2) is 27.9 Å². The van der Waals surface area contributed by atoms with Gasteiger partial charge in [-0.3, -0.25) is 9.52 Å². The molecular formula is C23H25N3O2S2. The van der Waals surface area contributed by atoms with Gasteiger partial charge in [0.05, 0.1) is 0 Å². The van der Waals surface area contributed by atoms with Crippen molar-refractivity contribution in [1.82, 2.24) is 9.71 Å². The Labute approximate surface area is 183 Å². The van der Waals surface area contributed by atoms with E-state index in [1.165, 1.54) is 28.7 Å². The monoisotopic (exact) mass is 439 g/mol. The third-order valence-corrected chi connectivity index (χ3v) is 6.96. The molecular weight excluding hydrogens is 414 g/mol. The fraction of sp³-hybridized carbons (Fsp3) is 0.304. The number of carbonyl (C=O) groups is 1. The number of benzene rings is 2. The summed E-state index contributed by atoms with van der Waals surface area (Å²) in [7, 11) is -1.42. The highest BCUT2D eigenvalue weighted by atomic mass is 32.2. The van der Waals surface area contributed by atoms with E-state index in [1.54, 1.807) is 0 Å². The Hall–Kier alpha value is -2.51. The van der Waals surface area contributed by atoms with Crippen LogP contribution in [0.1, 0.15) is 39.3 Å². The van der Waals surface area contributed by atoms with Crippen LogP contribution in [0.3, 0.4) is 0 Å². The Balaban J connectivity index is 1.65. The molecule has 1 heterocycles. The van der Waals surface area contributed by atoms with E-state index in [0.29, 0.717) is 5.69 Å². The first kappa shape index (κ1) is 20.8. The molecule has 1 saturated carbocycles. The summed E-state index contributed by atoms with van der Waals surface area (Å²) >= 11 is 1.52. The second-order valence-electron chi connectivity index (χ2n) is 7.77. The highest BCUT2D eigenvalue weighted by Crippen LogP contribution is 2.49. The van der Waals surface area contributed by atoms with Crippen molar-refractivity contribution < 1.29 is 9.00 Å². The zero-order chi connectivity index (χ0) is 21.1. The van der Waals surface area contributed by atoms with Gasteiger partial charge < -0.3 is 4.90 Å². The van der Waals surface area contributed by atoms with Crippen LogP contribution in [-0.2, 0) is 22.9 Å². The van der Waals surface area contributed by atoms with Gasteiger partial charge in [0.25, 0.3) is 5.91 Å². The number of carbonyl (C=O) groups excluding carboxylic acids is 1. The Morgan fingerprint density at radius 2 is 1.77 bits per heavy atom. The number of aryl methyl sites for hydroxylation is 1. The number of hydrogen-bond donors (Lipinski definition) is 1. The fourth-order valence-electron chi connectivity index (χ4n) is 3.75. The number of anilines is 1. The Morgan fingerprint density at radius 1 is 1.13 bits per heavy atom. The molecule has 0 aliphatic heterocycles. The predicted molar refractivity (Wildman–Crippen MR) is 123 cm³/mol. The number of thiazole rings is 1. The Morgan fingerprint density at radius 3 is 2.37 bits per heavy atom. The van der Waals surface area contributed by atoms with Gasteiger partial charge in [0.2, 0.25) is 0 Å². The second kappa shape index (κ2) is 8.70. The van der Waals surface area contributed by atoms with Crippen molar-refractivity contribution in [3.8, 4) is 0 Å². The van der Waals surface area contributed by atoms with Crippen molar-refractivity contribution in [2.75, 3.05) is 17.7 Å². The standard InChI is InChI=1S/C23H25N3O2S2/c1-17-20(21(27)25-30(2)28)24-22(29-17)26(15-18-9-5-3-6-10-18)16-23(13-14-23)19-11-7-4-8-12-19/h3-12H,13-16H2,1-2H3,(H,25,27). The summed E-state index contributed by atoms with van der Waals surface area (Å²) in [6.07, 6.45) is 3.74. The summed E-state index contributed by atoms with van der Waals surface area (Å²) in [4.78, 5) is 20.2. The average molecular weight is 440 g/mol. The smallest absolute Gasteiger partial charge is 0.282 e. The highest BCUT2D eigenvalue weighted by molar-refractivity contribution is 7.82. The van der Waals surface area contributed by atoms with E-state index < -0.39 is 11.0 Å². The third-order valence-electron chi connectivity index (χ3n) is 5.46. The van der Waals surface area contributed by atoms with Gasteiger partial charge in [-0.1, -0.05) is 60.7 Å². The molecule has 2 aromatic carbocycles. The molecule has 1 N–H and O–H groups in total. The number of amides is 1. The van der Waals surface area contributed by atoms with E-state index >= 15 is 0 Å². The second-order valence-corrected chi connectivity index (χ2v) is 10.1. The molecule has 3 aromatic rings. The molecule has 1 atom stereocenters. The lowest BCUT2D eigenvalue weighted by atomic mass is 9.95. The fourth-order valence-corrected chi connectivity index (χ4v) is 5.01. The molecule has 4 rings (SSSR count). The molecule has 0 spiro atoms. The summed E-state index contributed by atoms with van der Waals surface area (Å²) < 4.78 is 13.9. The molecule has 1 amide bonds. The van der Waals surface area contributed by atoms with Crippen molar-refractivity contribution in [1.29, 1.82) is 0 Å². The van der Waals surface area contributed by atoms with E-state index in [1.807, 2.05) is 31.2 Å². The molecule has 1 aliphatic carbocycles. The van der Waals surface area contributed by atoms with Crippen LogP contribution in [0.2, 0.25) is 0 Å². The summed E-state index contributed by atoms with van der Waals surface area (Å²) in [5, 5.41) is 0.825. The van der Waals surface area contributed by atoms with Crippen molar-refractivity contribution in [3.63, 3.8) is 0 Å². The maximum atomic E-state index is 12.4. The van der Waals surface area contributed by atoms with E-state index in [9.17, 15) is 9.00 Å². The van der Waals surface area contributed by atoms with Gasteiger partial charge in [0.15, 0.2) is 5.13 Å². The molecule has 1 aliphatic rings. The number of hydrogen-bond acceptors (Lipinski definition) is 5. The Kier molecular flexibility index (Phi) is 6.01. The van der Waals surface area contributed by atoms with Crippen molar-refractivity contribution in [2.24, 2.45) is 0 Å². The summed E-state index contributed by atoms with van der Waals surface area (Å²) in [6.45, 7) is 3.46. The van der Waals surface area contributed by atoms with Crippen LogP contribution >= 0.6 is 11.3 Å². The minimum absolute atomic E-state index is 0.128.